The van der Waals surface area contributed by atoms with Gasteiger partial charge in [0.25, 0.3) is 0 Å². The van der Waals surface area contributed by atoms with E-state index in [-0.39, 0.29) is 11.3 Å². The Hall–Kier alpha value is -3.27. The van der Waals surface area contributed by atoms with Gasteiger partial charge in [0.05, 0.1) is 35.5 Å². The van der Waals surface area contributed by atoms with Crippen molar-refractivity contribution in [3.8, 4) is 5.88 Å². The minimum atomic E-state index is -3.34. The summed E-state index contributed by atoms with van der Waals surface area (Å²) in [5.41, 5.74) is 2.72. The first-order valence-electron chi connectivity index (χ1n) is 11.7. The fourth-order valence-electron chi connectivity index (χ4n) is 4.24. The molecule has 0 bridgehead atoms. The molecule has 0 aromatic carbocycles. The Morgan fingerprint density at radius 1 is 1.09 bits per heavy atom. The number of nitrogens with zero attached hydrogens (tertiary/aromatic N) is 5. The van der Waals surface area contributed by atoms with Crippen molar-refractivity contribution in [1.29, 1.82) is 0 Å². The van der Waals surface area contributed by atoms with E-state index in [4.69, 9.17) is 9.72 Å². The van der Waals surface area contributed by atoms with Crippen LogP contribution in [0.25, 0.3) is 0 Å². The van der Waals surface area contributed by atoms with Gasteiger partial charge in [-0.25, -0.2) is 23.4 Å². The van der Waals surface area contributed by atoms with Gasteiger partial charge in [-0.15, -0.1) is 0 Å². The molecule has 0 spiro atoms. The molecule has 3 aromatic heterocycles. The Kier molecular flexibility index (Phi) is 6.32. The van der Waals surface area contributed by atoms with Crippen LogP contribution in [-0.2, 0) is 16.4 Å². The van der Waals surface area contributed by atoms with Gasteiger partial charge < -0.3 is 9.64 Å². The molecule has 1 aliphatic carbocycles. The molecular formula is C24H28N6O3S. The van der Waals surface area contributed by atoms with Crippen LogP contribution in [0.15, 0.2) is 48.9 Å². The first-order chi connectivity index (χ1) is 16.5. The van der Waals surface area contributed by atoms with Gasteiger partial charge >= 0.3 is 0 Å². The summed E-state index contributed by atoms with van der Waals surface area (Å²) in [6, 6.07) is 9.65. The van der Waals surface area contributed by atoms with Gasteiger partial charge in [-0.2, -0.15) is 0 Å². The van der Waals surface area contributed by atoms with Gasteiger partial charge in [0.1, 0.15) is 11.6 Å². The average molecular weight is 481 g/mol. The van der Waals surface area contributed by atoms with Gasteiger partial charge in [-0.1, -0.05) is 12.1 Å². The third kappa shape index (κ3) is 5.11. The van der Waals surface area contributed by atoms with Crippen LogP contribution in [-0.4, -0.2) is 46.8 Å². The first-order valence-corrected chi connectivity index (χ1v) is 13.2. The Balaban J connectivity index is 1.29. The van der Waals surface area contributed by atoms with Crippen molar-refractivity contribution in [2.75, 3.05) is 22.8 Å². The van der Waals surface area contributed by atoms with E-state index in [1.54, 1.807) is 18.5 Å². The third-order valence-electron chi connectivity index (χ3n) is 6.02. The van der Waals surface area contributed by atoms with E-state index >= 15 is 0 Å². The van der Waals surface area contributed by atoms with Crippen LogP contribution < -0.4 is 14.4 Å². The summed E-state index contributed by atoms with van der Waals surface area (Å²) in [5, 5.41) is -0.281. The molecule has 5 rings (SSSR count). The number of sulfonamides is 1. The van der Waals surface area contributed by atoms with E-state index in [2.05, 4.69) is 30.6 Å². The Morgan fingerprint density at radius 3 is 2.74 bits per heavy atom. The van der Waals surface area contributed by atoms with Crippen molar-refractivity contribution >= 4 is 21.7 Å². The van der Waals surface area contributed by atoms with Crippen molar-refractivity contribution in [3.63, 3.8) is 0 Å². The van der Waals surface area contributed by atoms with E-state index < -0.39 is 10.0 Å². The second-order valence-corrected chi connectivity index (χ2v) is 10.6. The van der Waals surface area contributed by atoms with Gasteiger partial charge in [-0.3, -0.25) is 9.71 Å². The molecule has 0 radical (unpaired) electrons. The van der Waals surface area contributed by atoms with Crippen molar-refractivity contribution in [2.45, 2.75) is 50.3 Å². The highest BCUT2D eigenvalue weighted by atomic mass is 32.2. The molecule has 4 heterocycles. The highest BCUT2D eigenvalue weighted by molar-refractivity contribution is 7.93. The molecule has 1 N–H and O–H groups in total. The normalized spacial score (nSPS) is 18.1. The van der Waals surface area contributed by atoms with E-state index in [1.165, 1.54) is 0 Å². The summed E-state index contributed by atoms with van der Waals surface area (Å²) in [5.74, 6) is 1.79. The van der Waals surface area contributed by atoms with Gasteiger partial charge in [0.2, 0.25) is 15.9 Å². The number of anilines is 2. The second-order valence-electron chi connectivity index (χ2n) is 8.63. The zero-order valence-electron chi connectivity index (χ0n) is 19.1. The Labute approximate surface area is 199 Å². The van der Waals surface area contributed by atoms with Crippen molar-refractivity contribution in [1.82, 2.24) is 19.9 Å². The summed E-state index contributed by atoms with van der Waals surface area (Å²) in [4.78, 5) is 20.3. The maximum atomic E-state index is 12.3. The van der Waals surface area contributed by atoms with E-state index in [0.29, 0.717) is 24.7 Å². The van der Waals surface area contributed by atoms with Crippen molar-refractivity contribution < 1.29 is 13.2 Å². The fraction of sp³-hybridized carbons (Fsp3) is 0.417. The highest BCUT2D eigenvalue weighted by Crippen LogP contribution is 2.35. The Morgan fingerprint density at radius 2 is 1.97 bits per heavy atom. The lowest BCUT2D eigenvalue weighted by Crippen LogP contribution is -2.25. The molecule has 0 unspecified atom stereocenters. The van der Waals surface area contributed by atoms with E-state index in [1.807, 2.05) is 31.3 Å². The molecule has 3 aromatic rings. The van der Waals surface area contributed by atoms with Crippen molar-refractivity contribution in [2.24, 2.45) is 0 Å². The average Bonchev–Trinajstić information content (AvgIpc) is 3.59. The van der Waals surface area contributed by atoms with Gasteiger partial charge in [-0.05, 0) is 56.4 Å². The largest absolute Gasteiger partial charge is 0.477 e. The van der Waals surface area contributed by atoms with Crippen LogP contribution in [0.4, 0.5) is 11.6 Å². The molecule has 2 fully saturated rings. The molecule has 2 aliphatic rings. The number of hydrogen-bond acceptors (Lipinski definition) is 8. The molecule has 10 heteroatoms. The predicted molar refractivity (Wildman–Crippen MR) is 129 cm³/mol. The SMILES string of the molecule is CCOc1cncc(Cc2ccc(N3CCC[C@@H]3c3cccc(NS(=O)(=O)C4CC4)n3)nc2)n1. The number of hydrogen-bond donors (Lipinski definition) is 1. The minimum absolute atomic E-state index is 0.0532. The molecule has 1 atom stereocenters. The third-order valence-corrected chi connectivity index (χ3v) is 7.86. The molecule has 178 valence electrons. The molecule has 34 heavy (non-hydrogen) atoms. The monoisotopic (exact) mass is 480 g/mol. The van der Waals surface area contributed by atoms with Crippen LogP contribution in [0.1, 0.15) is 55.6 Å². The maximum Gasteiger partial charge on any atom is 0.236 e. The zero-order valence-corrected chi connectivity index (χ0v) is 19.9. The zero-order chi connectivity index (χ0) is 23.5. The van der Waals surface area contributed by atoms with Gasteiger partial charge in [0, 0.05) is 25.4 Å². The smallest absolute Gasteiger partial charge is 0.236 e. The maximum absolute atomic E-state index is 12.3. The highest BCUT2D eigenvalue weighted by Gasteiger charge is 2.36. The summed E-state index contributed by atoms with van der Waals surface area (Å²) in [6.45, 7) is 3.34. The summed E-state index contributed by atoms with van der Waals surface area (Å²) in [6.07, 6.45) is 9.24. The van der Waals surface area contributed by atoms with Gasteiger partial charge in [0.15, 0.2) is 0 Å². The predicted octanol–water partition coefficient (Wildman–Crippen LogP) is 3.50. The lowest BCUT2D eigenvalue weighted by Gasteiger charge is -2.25. The van der Waals surface area contributed by atoms with Crippen LogP contribution in [0, 0.1) is 0 Å². The Bertz CT molecular complexity index is 1250. The lowest BCUT2D eigenvalue weighted by molar-refractivity contribution is 0.324. The number of aromatic nitrogens is 4. The topological polar surface area (TPSA) is 110 Å². The summed E-state index contributed by atoms with van der Waals surface area (Å²) >= 11 is 0. The molecule has 1 saturated carbocycles. The standard InChI is InChI=1S/C24H28N6O3S/c1-2-33-24-16-25-15-18(27-24)13-17-8-11-23(26-14-17)30-12-4-6-21(30)20-5-3-7-22(28-20)29-34(31,32)19-9-10-19/h3,5,7-8,11,14-16,19,21H,2,4,6,9-10,12-13H2,1H3,(H,28,29)/t21-/m1/s1. The molecule has 0 amide bonds. The van der Waals surface area contributed by atoms with Crippen LogP contribution >= 0.6 is 0 Å². The molecular weight excluding hydrogens is 452 g/mol. The summed E-state index contributed by atoms with van der Waals surface area (Å²) < 4.78 is 32.7. The fourth-order valence-corrected chi connectivity index (χ4v) is 5.57. The van der Waals surface area contributed by atoms with Crippen LogP contribution in [0.5, 0.6) is 5.88 Å². The number of pyridine rings is 2. The van der Waals surface area contributed by atoms with E-state index in [0.717, 1.165) is 55.0 Å². The lowest BCUT2D eigenvalue weighted by atomic mass is 10.1. The minimum Gasteiger partial charge on any atom is -0.477 e. The quantitative estimate of drug-likeness (QED) is 0.495. The second kappa shape index (κ2) is 9.54. The van der Waals surface area contributed by atoms with Crippen LogP contribution in [0.2, 0.25) is 0 Å². The number of rotatable bonds is 9. The molecule has 9 nitrogen and oxygen atoms in total. The molecule has 1 aliphatic heterocycles. The number of nitrogens with one attached hydrogen (secondary N) is 1. The van der Waals surface area contributed by atoms with Crippen LogP contribution in [0.3, 0.4) is 0 Å². The summed E-state index contributed by atoms with van der Waals surface area (Å²) in [7, 11) is -3.34. The van der Waals surface area contributed by atoms with Crippen molar-refractivity contribution in [3.05, 3.63) is 65.9 Å². The number of ether oxygens (including phenoxy) is 1. The van der Waals surface area contributed by atoms with E-state index in [9.17, 15) is 8.42 Å². The molecule has 1 saturated heterocycles. The first kappa shape index (κ1) is 22.5.